The molecule has 2 nitrogen and oxygen atoms in total. The first-order chi connectivity index (χ1) is 9.74. The summed E-state index contributed by atoms with van der Waals surface area (Å²) in [5.41, 5.74) is 2.57. The summed E-state index contributed by atoms with van der Waals surface area (Å²) in [6.07, 6.45) is 1.12. The molecule has 0 aliphatic rings. The van der Waals surface area contributed by atoms with E-state index >= 15 is 0 Å². The Morgan fingerprint density at radius 3 is 2.45 bits per heavy atom. The Hall–Kier alpha value is -1.07. The van der Waals surface area contributed by atoms with Gasteiger partial charge in [-0.2, -0.15) is 0 Å². The van der Waals surface area contributed by atoms with Crippen LogP contribution < -0.4 is 10.1 Å². The lowest BCUT2D eigenvalue weighted by molar-refractivity contribution is 0.414. The van der Waals surface area contributed by atoms with E-state index in [4.69, 9.17) is 4.74 Å². The van der Waals surface area contributed by atoms with Gasteiger partial charge in [-0.1, -0.05) is 31.2 Å². The molecule has 1 N–H and O–H groups in total. The van der Waals surface area contributed by atoms with E-state index in [0.717, 1.165) is 18.7 Å². The molecule has 0 aliphatic heterocycles. The molecule has 0 fully saturated rings. The van der Waals surface area contributed by atoms with Crippen LogP contribution in [0.1, 0.15) is 30.5 Å². The van der Waals surface area contributed by atoms with Gasteiger partial charge in [0.15, 0.2) is 0 Å². The lowest BCUT2D eigenvalue weighted by atomic mass is 9.98. The van der Waals surface area contributed by atoms with Crippen molar-refractivity contribution in [3.8, 4) is 5.75 Å². The van der Waals surface area contributed by atoms with Gasteiger partial charge in [-0.25, -0.2) is 0 Å². The Labute approximate surface area is 134 Å². The van der Waals surface area contributed by atoms with Gasteiger partial charge >= 0.3 is 0 Å². The summed E-state index contributed by atoms with van der Waals surface area (Å²) in [5, 5.41) is 3.62. The smallest absolute Gasteiger partial charge is 0.118 e. The SMILES string of the molecule is CCCNC(c1ccc(OC)cc1)c1cccc(I)c1. The zero-order valence-corrected chi connectivity index (χ0v) is 14.1. The Morgan fingerprint density at radius 1 is 1.10 bits per heavy atom. The minimum atomic E-state index is 0.232. The van der Waals surface area contributed by atoms with E-state index in [0.29, 0.717) is 0 Å². The van der Waals surface area contributed by atoms with Crippen molar-refractivity contribution in [1.29, 1.82) is 0 Å². The quantitative estimate of drug-likeness (QED) is 0.750. The standard InChI is InChI=1S/C17H20INO/c1-3-11-19-17(14-5-4-6-15(18)12-14)13-7-9-16(20-2)10-8-13/h4-10,12,17,19H,3,11H2,1-2H3. The molecule has 20 heavy (non-hydrogen) atoms. The number of halogens is 1. The predicted molar refractivity (Wildman–Crippen MR) is 92.3 cm³/mol. The fourth-order valence-electron chi connectivity index (χ4n) is 2.20. The van der Waals surface area contributed by atoms with Gasteiger partial charge in [0, 0.05) is 3.57 Å². The van der Waals surface area contributed by atoms with Crippen molar-refractivity contribution in [2.24, 2.45) is 0 Å². The van der Waals surface area contributed by atoms with Gasteiger partial charge in [0.1, 0.15) is 5.75 Å². The average molecular weight is 381 g/mol. The molecule has 2 aromatic rings. The van der Waals surface area contributed by atoms with Crippen molar-refractivity contribution in [2.75, 3.05) is 13.7 Å². The molecule has 0 saturated heterocycles. The van der Waals surface area contributed by atoms with Gasteiger partial charge in [-0.15, -0.1) is 0 Å². The maximum Gasteiger partial charge on any atom is 0.118 e. The summed E-state index contributed by atoms with van der Waals surface area (Å²) < 4.78 is 6.49. The Kier molecular flexibility index (Phi) is 5.86. The molecule has 1 atom stereocenters. The third kappa shape index (κ3) is 3.96. The molecular formula is C17H20INO. The second-order valence-electron chi connectivity index (χ2n) is 4.72. The van der Waals surface area contributed by atoms with Crippen molar-refractivity contribution >= 4 is 22.6 Å². The third-order valence-corrected chi connectivity index (χ3v) is 3.90. The van der Waals surface area contributed by atoms with E-state index in [-0.39, 0.29) is 6.04 Å². The fraction of sp³-hybridized carbons (Fsp3) is 0.294. The molecule has 106 valence electrons. The molecule has 0 amide bonds. The monoisotopic (exact) mass is 381 g/mol. The first-order valence-corrected chi connectivity index (χ1v) is 7.95. The Balaban J connectivity index is 2.30. The number of hydrogen-bond acceptors (Lipinski definition) is 2. The molecule has 0 bridgehead atoms. The minimum Gasteiger partial charge on any atom is -0.497 e. The van der Waals surface area contributed by atoms with Crippen LogP contribution in [-0.4, -0.2) is 13.7 Å². The van der Waals surface area contributed by atoms with E-state index in [1.807, 2.05) is 12.1 Å². The van der Waals surface area contributed by atoms with Gasteiger partial charge in [-0.05, 0) is 70.9 Å². The molecule has 0 aromatic heterocycles. The molecular weight excluding hydrogens is 361 g/mol. The van der Waals surface area contributed by atoms with E-state index in [2.05, 4.69) is 71.2 Å². The van der Waals surface area contributed by atoms with Crippen LogP contribution in [0, 0.1) is 3.57 Å². The van der Waals surface area contributed by atoms with Crippen LogP contribution in [0.3, 0.4) is 0 Å². The van der Waals surface area contributed by atoms with Crippen molar-refractivity contribution in [3.05, 3.63) is 63.2 Å². The first-order valence-electron chi connectivity index (χ1n) is 6.87. The molecule has 2 rings (SSSR count). The van der Waals surface area contributed by atoms with Crippen molar-refractivity contribution < 1.29 is 4.74 Å². The largest absolute Gasteiger partial charge is 0.497 e. The highest BCUT2D eigenvalue weighted by atomic mass is 127. The van der Waals surface area contributed by atoms with Crippen LogP contribution in [0.2, 0.25) is 0 Å². The summed E-state index contributed by atoms with van der Waals surface area (Å²) in [6.45, 7) is 3.19. The average Bonchev–Trinajstić information content (AvgIpc) is 2.48. The van der Waals surface area contributed by atoms with Crippen molar-refractivity contribution in [1.82, 2.24) is 5.32 Å². The maximum absolute atomic E-state index is 5.23. The summed E-state index contributed by atoms with van der Waals surface area (Å²) in [5.74, 6) is 0.894. The zero-order valence-electron chi connectivity index (χ0n) is 11.9. The minimum absolute atomic E-state index is 0.232. The van der Waals surface area contributed by atoms with Gasteiger partial charge in [0.2, 0.25) is 0 Å². The molecule has 1 unspecified atom stereocenters. The van der Waals surface area contributed by atoms with Crippen LogP contribution in [-0.2, 0) is 0 Å². The lowest BCUT2D eigenvalue weighted by Gasteiger charge is -2.20. The highest BCUT2D eigenvalue weighted by molar-refractivity contribution is 14.1. The number of methoxy groups -OCH3 is 1. The topological polar surface area (TPSA) is 21.3 Å². The molecule has 0 heterocycles. The van der Waals surface area contributed by atoms with Gasteiger partial charge in [0.25, 0.3) is 0 Å². The third-order valence-electron chi connectivity index (χ3n) is 3.23. The highest BCUT2D eigenvalue weighted by Gasteiger charge is 2.13. The molecule has 0 spiro atoms. The van der Waals surface area contributed by atoms with Crippen LogP contribution >= 0.6 is 22.6 Å². The van der Waals surface area contributed by atoms with Gasteiger partial charge in [0.05, 0.1) is 13.2 Å². The number of nitrogens with one attached hydrogen (secondary N) is 1. The lowest BCUT2D eigenvalue weighted by Crippen LogP contribution is -2.23. The van der Waals surface area contributed by atoms with Gasteiger partial charge < -0.3 is 10.1 Å². The highest BCUT2D eigenvalue weighted by Crippen LogP contribution is 2.25. The maximum atomic E-state index is 5.23. The summed E-state index contributed by atoms with van der Waals surface area (Å²) in [4.78, 5) is 0. The second kappa shape index (κ2) is 7.64. The van der Waals surface area contributed by atoms with Crippen molar-refractivity contribution in [2.45, 2.75) is 19.4 Å². The number of hydrogen-bond donors (Lipinski definition) is 1. The fourth-order valence-corrected chi connectivity index (χ4v) is 2.77. The first kappa shape index (κ1) is 15.3. The van der Waals surface area contributed by atoms with E-state index in [9.17, 15) is 0 Å². The van der Waals surface area contributed by atoms with E-state index in [1.165, 1.54) is 14.7 Å². The Morgan fingerprint density at radius 2 is 1.85 bits per heavy atom. The normalized spacial score (nSPS) is 12.2. The van der Waals surface area contributed by atoms with E-state index in [1.54, 1.807) is 7.11 Å². The number of ether oxygens (including phenoxy) is 1. The second-order valence-corrected chi connectivity index (χ2v) is 5.96. The molecule has 0 aliphatic carbocycles. The predicted octanol–water partition coefficient (Wildman–Crippen LogP) is 4.39. The van der Waals surface area contributed by atoms with Crippen LogP contribution in [0.25, 0.3) is 0 Å². The molecule has 2 aromatic carbocycles. The molecule has 0 saturated carbocycles. The Bertz CT molecular complexity index is 539. The van der Waals surface area contributed by atoms with Crippen LogP contribution in [0.5, 0.6) is 5.75 Å². The number of rotatable bonds is 6. The zero-order chi connectivity index (χ0) is 14.4. The van der Waals surface area contributed by atoms with Crippen molar-refractivity contribution in [3.63, 3.8) is 0 Å². The summed E-state index contributed by atoms with van der Waals surface area (Å²) >= 11 is 2.36. The summed E-state index contributed by atoms with van der Waals surface area (Å²) in [6, 6.07) is 17.2. The molecule has 3 heteroatoms. The molecule has 0 radical (unpaired) electrons. The number of benzene rings is 2. The van der Waals surface area contributed by atoms with Crippen LogP contribution in [0.15, 0.2) is 48.5 Å². The van der Waals surface area contributed by atoms with Gasteiger partial charge in [-0.3, -0.25) is 0 Å². The van der Waals surface area contributed by atoms with E-state index < -0.39 is 0 Å². The van der Waals surface area contributed by atoms with Crippen LogP contribution in [0.4, 0.5) is 0 Å². The summed E-state index contributed by atoms with van der Waals surface area (Å²) in [7, 11) is 1.70.